The molecule has 2 aromatic rings. The highest BCUT2D eigenvalue weighted by Gasteiger charge is 2.12. The lowest BCUT2D eigenvalue weighted by molar-refractivity contribution is 0.940. The molecule has 0 heterocycles. The van der Waals surface area contributed by atoms with Crippen LogP contribution in [0.25, 0.3) is 0 Å². The normalized spacial score (nSPS) is 12.4. The van der Waals surface area contributed by atoms with Crippen LogP contribution in [0.4, 0.5) is 0 Å². The molecule has 2 aromatic carbocycles. The van der Waals surface area contributed by atoms with Gasteiger partial charge in [0.15, 0.2) is 0 Å². The van der Waals surface area contributed by atoms with Gasteiger partial charge in [0.25, 0.3) is 0 Å². The predicted octanol–water partition coefficient (Wildman–Crippen LogP) is 4.75. The van der Waals surface area contributed by atoms with Gasteiger partial charge < -0.3 is 5.73 Å². The van der Waals surface area contributed by atoms with Crippen molar-refractivity contribution in [3.05, 3.63) is 64.2 Å². The summed E-state index contributed by atoms with van der Waals surface area (Å²) in [5.74, 6) is 0. The van der Waals surface area contributed by atoms with E-state index >= 15 is 0 Å². The fourth-order valence-electron chi connectivity index (χ4n) is 2.01. The van der Waals surface area contributed by atoms with Gasteiger partial charge in [-0.25, -0.2) is 0 Å². The second-order valence-corrected chi connectivity index (χ2v) is 6.34. The molecular weight excluding hydrogens is 274 g/mol. The Morgan fingerprint density at radius 3 is 2.37 bits per heavy atom. The Kier molecular flexibility index (Phi) is 4.92. The first-order valence-electron chi connectivity index (χ1n) is 6.29. The summed E-state index contributed by atoms with van der Waals surface area (Å²) in [6.07, 6.45) is 0. The molecule has 0 aliphatic heterocycles. The average Bonchev–Trinajstić information content (AvgIpc) is 2.39. The molecule has 19 heavy (non-hydrogen) atoms. The second-order valence-electron chi connectivity index (χ2n) is 4.66. The number of benzene rings is 2. The molecule has 0 spiro atoms. The maximum atomic E-state index is 5.92. The van der Waals surface area contributed by atoms with E-state index in [2.05, 4.69) is 44.2 Å². The molecule has 0 fully saturated rings. The molecule has 100 valence electrons. The maximum absolute atomic E-state index is 5.92. The minimum Gasteiger partial charge on any atom is -0.329 e. The summed E-state index contributed by atoms with van der Waals surface area (Å²) >= 11 is 7.74. The monoisotopic (exact) mass is 291 g/mol. The van der Waals surface area contributed by atoms with Crippen LogP contribution in [-0.2, 0) is 0 Å². The van der Waals surface area contributed by atoms with Crippen LogP contribution in [0.5, 0.6) is 0 Å². The third-order valence-electron chi connectivity index (χ3n) is 3.06. The van der Waals surface area contributed by atoms with Crippen molar-refractivity contribution < 1.29 is 0 Å². The molecule has 2 N–H and O–H groups in total. The van der Waals surface area contributed by atoms with Crippen LogP contribution >= 0.6 is 23.4 Å². The van der Waals surface area contributed by atoms with E-state index in [-0.39, 0.29) is 5.25 Å². The summed E-state index contributed by atoms with van der Waals surface area (Å²) in [5, 5.41) is 1.02. The molecule has 3 heteroatoms. The number of thioether (sulfide) groups is 1. The van der Waals surface area contributed by atoms with E-state index in [0.29, 0.717) is 6.54 Å². The lowest BCUT2D eigenvalue weighted by Crippen LogP contribution is -2.09. The third kappa shape index (κ3) is 3.75. The zero-order valence-electron chi connectivity index (χ0n) is 11.2. The summed E-state index contributed by atoms with van der Waals surface area (Å²) in [6, 6.07) is 14.5. The molecule has 0 aliphatic carbocycles. The summed E-state index contributed by atoms with van der Waals surface area (Å²) in [7, 11) is 0. The van der Waals surface area contributed by atoms with E-state index < -0.39 is 0 Å². The van der Waals surface area contributed by atoms with Crippen molar-refractivity contribution in [1.82, 2.24) is 0 Å². The zero-order chi connectivity index (χ0) is 13.8. The molecule has 0 amide bonds. The highest BCUT2D eigenvalue weighted by Crippen LogP contribution is 2.36. The second kappa shape index (κ2) is 6.47. The smallest absolute Gasteiger partial charge is 0.0466 e. The number of nitrogens with two attached hydrogens (primary N) is 1. The molecule has 1 nitrogen and oxygen atoms in total. The van der Waals surface area contributed by atoms with Crippen LogP contribution < -0.4 is 5.73 Å². The van der Waals surface area contributed by atoms with Crippen LogP contribution in [0, 0.1) is 13.8 Å². The topological polar surface area (TPSA) is 26.0 Å². The molecule has 1 atom stereocenters. The van der Waals surface area contributed by atoms with E-state index in [1.807, 2.05) is 23.9 Å². The van der Waals surface area contributed by atoms with Gasteiger partial charge >= 0.3 is 0 Å². The van der Waals surface area contributed by atoms with Gasteiger partial charge in [0.1, 0.15) is 0 Å². The van der Waals surface area contributed by atoms with Crippen LogP contribution in [0.3, 0.4) is 0 Å². The van der Waals surface area contributed by atoms with E-state index in [0.717, 1.165) is 5.02 Å². The lowest BCUT2D eigenvalue weighted by Gasteiger charge is -2.16. The summed E-state index contributed by atoms with van der Waals surface area (Å²) < 4.78 is 0. The third-order valence-corrected chi connectivity index (χ3v) is 4.77. The van der Waals surface area contributed by atoms with Gasteiger partial charge in [0.05, 0.1) is 0 Å². The first kappa shape index (κ1) is 14.4. The number of hydrogen-bond donors (Lipinski definition) is 1. The molecular formula is C16H18ClNS. The molecule has 0 saturated heterocycles. The van der Waals surface area contributed by atoms with E-state index in [4.69, 9.17) is 17.3 Å². The van der Waals surface area contributed by atoms with Crippen molar-refractivity contribution in [2.24, 2.45) is 5.73 Å². The van der Waals surface area contributed by atoms with Crippen molar-refractivity contribution >= 4 is 23.4 Å². The van der Waals surface area contributed by atoms with E-state index in [1.54, 1.807) is 0 Å². The molecule has 0 radical (unpaired) electrons. The van der Waals surface area contributed by atoms with Gasteiger partial charge in [-0.1, -0.05) is 41.4 Å². The predicted molar refractivity (Wildman–Crippen MR) is 85.0 cm³/mol. The Balaban J connectivity index is 2.21. The molecule has 1 unspecified atom stereocenters. The fourth-order valence-corrected chi connectivity index (χ4v) is 3.23. The number of aryl methyl sites for hydroxylation is 2. The number of rotatable bonds is 4. The van der Waals surface area contributed by atoms with Crippen molar-refractivity contribution in [1.29, 1.82) is 0 Å². The Bertz CT molecular complexity index is 551. The average molecular weight is 292 g/mol. The van der Waals surface area contributed by atoms with Gasteiger partial charge in [-0.3, -0.25) is 0 Å². The molecule has 0 aliphatic rings. The molecule has 0 saturated carbocycles. The standard InChI is InChI=1S/C16H18ClNS/c1-11-3-8-15(12(2)9-11)19-16(10-18)13-4-6-14(17)7-5-13/h3-9,16H,10,18H2,1-2H3. The first-order valence-corrected chi connectivity index (χ1v) is 7.55. The van der Waals surface area contributed by atoms with E-state index in [9.17, 15) is 0 Å². The highest BCUT2D eigenvalue weighted by atomic mass is 35.5. The van der Waals surface area contributed by atoms with Gasteiger partial charge in [0.2, 0.25) is 0 Å². The van der Waals surface area contributed by atoms with Crippen molar-refractivity contribution in [2.45, 2.75) is 24.0 Å². The largest absolute Gasteiger partial charge is 0.329 e. The SMILES string of the molecule is Cc1ccc(SC(CN)c2ccc(Cl)cc2)c(C)c1. The maximum Gasteiger partial charge on any atom is 0.0466 e. The van der Waals surface area contributed by atoms with Gasteiger partial charge in [0, 0.05) is 21.7 Å². The Hall–Kier alpha value is -0.960. The highest BCUT2D eigenvalue weighted by molar-refractivity contribution is 7.99. The fraction of sp³-hybridized carbons (Fsp3) is 0.250. The molecule has 0 aromatic heterocycles. The number of halogens is 1. The summed E-state index contributed by atoms with van der Waals surface area (Å²) in [5.41, 5.74) is 9.73. The first-order chi connectivity index (χ1) is 9.10. The van der Waals surface area contributed by atoms with Crippen LogP contribution in [0.1, 0.15) is 21.9 Å². The number of hydrogen-bond acceptors (Lipinski definition) is 2. The minimum absolute atomic E-state index is 0.263. The van der Waals surface area contributed by atoms with Crippen molar-refractivity contribution in [3.8, 4) is 0 Å². The Labute approximate surface area is 124 Å². The van der Waals surface area contributed by atoms with Gasteiger partial charge in [-0.15, -0.1) is 11.8 Å². The summed E-state index contributed by atoms with van der Waals surface area (Å²) in [4.78, 5) is 1.29. The lowest BCUT2D eigenvalue weighted by atomic mass is 10.1. The van der Waals surface area contributed by atoms with E-state index in [1.165, 1.54) is 21.6 Å². The van der Waals surface area contributed by atoms with Gasteiger partial charge in [-0.05, 0) is 43.2 Å². The Morgan fingerprint density at radius 2 is 1.79 bits per heavy atom. The van der Waals surface area contributed by atoms with Crippen molar-refractivity contribution in [2.75, 3.05) is 6.54 Å². The summed E-state index contributed by atoms with van der Waals surface area (Å²) in [6.45, 7) is 4.87. The van der Waals surface area contributed by atoms with Crippen LogP contribution in [0.2, 0.25) is 5.02 Å². The van der Waals surface area contributed by atoms with Gasteiger partial charge in [-0.2, -0.15) is 0 Å². The zero-order valence-corrected chi connectivity index (χ0v) is 12.8. The van der Waals surface area contributed by atoms with Crippen LogP contribution in [-0.4, -0.2) is 6.54 Å². The molecule has 2 rings (SSSR count). The van der Waals surface area contributed by atoms with Crippen molar-refractivity contribution in [3.63, 3.8) is 0 Å². The Morgan fingerprint density at radius 1 is 1.11 bits per heavy atom. The quantitative estimate of drug-likeness (QED) is 0.823. The minimum atomic E-state index is 0.263. The van der Waals surface area contributed by atoms with Crippen LogP contribution in [0.15, 0.2) is 47.4 Å². The molecule has 0 bridgehead atoms.